The monoisotopic (exact) mass is 396 g/mol. The first kappa shape index (κ1) is 20.5. The first-order chi connectivity index (χ1) is 14.2. The third-order valence-corrected chi connectivity index (χ3v) is 4.35. The highest BCUT2D eigenvalue weighted by Gasteiger charge is 2.11. The van der Waals surface area contributed by atoms with Gasteiger partial charge in [0.1, 0.15) is 6.54 Å². The van der Waals surface area contributed by atoms with Crippen molar-refractivity contribution in [1.29, 1.82) is 0 Å². The van der Waals surface area contributed by atoms with E-state index in [1.165, 1.54) is 5.56 Å². The van der Waals surface area contributed by atoms with Crippen LogP contribution in [0.25, 0.3) is 0 Å². The summed E-state index contributed by atoms with van der Waals surface area (Å²) in [6.45, 7) is 6.03. The van der Waals surface area contributed by atoms with E-state index in [-0.39, 0.29) is 12.5 Å². The fourth-order valence-electron chi connectivity index (χ4n) is 2.91. The van der Waals surface area contributed by atoms with Crippen LogP contribution in [0.1, 0.15) is 25.8 Å². The van der Waals surface area contributed by atoms with Gasteiger partial charge in [0.15, 0.2) is 17.5 Å². The predicted molar refractivity (Wildman–Crippen MR) is 116 cm³/mol. The van der Waals surface area contributed by atoms with E-state index in [1.54, 1.807) is 0 Å². The van der Waals surface area contributed by atoms with Gasteiger partial charge in [0.05, 0.1) is 13.2 Å². The maximum Gasteiger partial charge on any atom is 0.246 e. The van der Waals surface area contributed by atoms with E-state index in [4.69, 9.17) is 9.47 Å². The van der Waals surface area contributed by atoms with Gasteiger partial charge in [0, 0.05) is 30.4 Å². The molecule has 3 rings (SSSR count). The molecule has 0 aromatic heterocycles. The van der Waals surface area contributed by atoms with Gasteiger partial charge in [-0.25, -0.2) is 4.99 Å². The van der Waals surface area contributed by atoms with E-state index in [9.17, 15) is 4.79 Å². The molecule has 7 nitrogen and oxygen atoms in total. The molecule has 0 saturated heterocycles. The summed E-state index contributed by atoms with van der Waals surface area (Å²) in [4.78, 5) is 16.7. The molecule has 0 saturated carbocycles. The van der Waals surface area contributed by atoms with Crippen molar-refractivity contribution in [2.24, 2.45) is 4.99 Å². The second-order valence-corrected chi connectivity index (χ2v) is 6.63. The van der Waals surface area contributed by atoms with E-state index in [1.807, 2.05) is 49.4 Å². The minimum absolute atomic E-state index is 0.0102. The summed E-state index contributed by atoms with van der Waals surface area (Å²) < 4.78 is 11.4. The Hall–Kier alpha value is -3.22. The Labute approximate surface area is 171 Å². The third-order valence-electron chi connectivity index (χ3n) is 4.35. The van der Waals surface area contributed by atoms with Crippen molar-refractivity contribution < 1.29 is 14.3 Å². The first-order valence-corrected chi connectivity index (χ1v) is 10.0. The Balaban J connectivity index is 1.63. The fourth-order valence-corrected chi connectivity index (χ4v) is 2.91. The van der Waals surface area contributed by atoms with Crippen LogP contribution in [0.3, 0.4) is 0 Å². The summed E-state index contributed by atoms with van der Waals surface area (Å²) in [6, 6.07) is 13.5. The van der Waals surface area contributed by atoms with E-state index in [2.05, 4.69) is 27.9 Å². The number of nitrogens with zero attached hydrogens (tertiary/aromatic N) is 1. The van der Waals surface area contributed by atoms with Crippen molar-refractivity contribution in [2.75, 3.05) is 36.9 Å². The van der Waals surface area contributed by atoms with Gasteiger partial charge < -0.3 is 25.4 Å². The van der Waals surface area contributed by atoms with Gasteiger partial charge in [-0.2, -0.15) is 0 Å². The van der Waals surface area contributed by atoms with Crippen LogP contribution in [0.15, 0.2) is 47.5 Å². The molecular weight excluding hydrogens is 368 g/mol. The minimum atomic E-state index is -0.172. The summed E-state index contributed by atoms with van der Waals surface area (Å²) in [5.41, 5.74) is 2.77. The topological polar surface area (TPSA) is 84.0 Å². The largest absolute Gasteiger partial charge is 0.490 e. The number of anilines is 2. The number of aryl methyl sites for hydroxylation is 1. The van der Waals surface area contributed by atoms with Gasteiger partial charge >= 0.3 is 0 Å². The molecule has 1 amide bonds. The van der Waals surface area contributed by atoms with Crippen LogP contribution in [-0.4, -0.2) is 38.2 Å². The summed E-state index contributed by atoms with van der Waals surface area (Å²) in [5.74, 6) is 1.80. The molecule has 0 bridgehead atoms. The zero-order valence-corrected chi connectivity index (χ0v) is 17.0. The maximum absolute atomic E-state index is 12.3. The third kappa shape index (κ3) is 6.14. The second kappa shape index (κ2) is 10.4. The minimum Gasteiger partial charge on any atom is -0.490 e. The number of amides is 1. The lowest BCUT2D eigenvalue weighted by Gasteiger charge is -2.14. The van der Waals surface area contributed by atoms with E-state index < -0.39 is 0 Å². The molecule has 0 atom stereocenters. The molecule has 154 valence electrons. The van der Waals surface area contributed by atoms with Gasteiger partial charge in [-0.15, -0.1) is 0 Å². The van der Waals surface area contributed by atoms with Crippen molar-refractivity contribution in [1.82, 2.24) is 5.32 Å². The Morgan fingerprint density at radius 3 is 2.59 bits per heavy atom. The fraction of sp³-hybridized carbons (Fsp3) is 0.364. The van der Waals surface area contributed by atoms with E-state index in [0.29, 0.717) is 31.5 Å². The van der Waals surface area contributed by atoms with Crippen LogP contribution in [0, 0.1) is 0 Å². The molecule has 0 radical (unpaired) electrons. The molecule has 29 heavy (non-hydrogen) atoms. The summed E-state index contributed by atoms with van der Waals surface area (Å²) >= 11 is 0. The molecule has 0 aliphatic carbocycles. The summed E-state index contributed by atoms with van der Waals surface area (Å²) in [7, 11) is 0. The van der Waals surface area contributed by atoms with Crippen molar-refractivity contribution in [3.8, 4) is 11.5 Å². The van der Waals surface area contributed by atoms with Crippen LogP contribution in [-0.2, 0) is 11.2 Å². The van der Waals surface area contributed by atoms with Gasteiger partial charge in [0.25, 0.3) is 0 Å². The van der Waals surface area contributed by atoms with Gasteiger partial charge in [-0.1, -0.05) is 19.1 Å². The molecular formula is C22H28N4O3. The number of nitrogens with one attached hydrogen (secondary N) is 3. The number of benzene rings is 2. The molecule has 0 unspecified atom stereocenters. The van der Waals surface area contributed by atoms with Crippen molar-refractivity contribution >= 4 is 23.2 Å². The average Bonchev–Trinajstić information content (AvgIpc) is 2.97. The Morgan fingerprint density at radius 2 is 1.79 bits per heavy atom. The molecule has 0 fully saturated rings. The number of rotatable bonds is 6. The number of carbonyl (C=O) groups excluding carboxylic acids is 1. The van der Waals surface area contributed by atoms with Crippen LogP contribution >= 0.6 is 0 Å². The summed E-state index contributed by atoms with van der Waals surface area (Å²) in [6.07, 6.45) is 1.78. The van der Waals surface area contributed by atoms with Crippen molar-refractivity contribution in [3.63, 3.8) is 0 Å². The SMILES string of the molecule is CCNC(=NCC(=O)Nc1cccc(CC)c1)Nc1ccc2c(c1)OCCCO2. The van der Waals surface area contributed by atoms with Crippen LogP contribution < -0.4 is 25.4 Å². The Morgan fingerprint density at radius 1 is 1.00 bits per heavy atom. The summed E-state index contributed by atoms with van der Waals surface area (Å²) in [5, 5.41) is 9.25. The number of carbonyl (C=O) groups is 1. The lowest BCUT2D eigenvalue weighted by atomic mass is 10.1. The molecule has 1 aliphatic heterocycles. The molecule has 7 heteroatoms. The smallest absolute Gasteiger partial charge is 0.246 e. The molecule has 0 spiro atoms. The van der Waals surface area contributed by atoms with Crippen molar-refractivity contribution in [3.05, 3.63) is 48.0 Å². The Kier molecular flexibility index (Phi) is 7.33. The second-order valence-electron chi connectivity index (χ2n) is 6.63. The number of guanidine groups is 1. The first-order valence-electron chi connectivity index (χ1n) is 10.0. The molecule has 2 aromatic rings. The highest BCUT2D eigenvalue weighted by molar-refractivity contribution is 5.97. The number of hydrogen-bond acceptors (Lipinski definition) is 4. The van der Waals surface area contributed by atoms with E-state index in [0.717, 1.165) is 30.0 Å². The maximum atomic E-state index is 12.3. The van der Waals surface area contributed by atoms with Crippen LogP contribution in [0.4, 0.5) is 11.4 Å². The Bertz CT molecular complexity index is 867. The molecule has 2 aromatic carbocycles. The number of ether oxygens (including phenoxy) is 2. The number of hydrogen-bond donors (Lipinski definition) is 3. The predicted octanol–water partition coefficient (Wildman–Crippen LogP) is 3.43. The number of aliphatic imine (C=N–C) groups is 1. The van der Waals surface area contributed by atoms with Crippen LogP contribution in [0.2, 0.25) is 0 Å². The zero-order chi connectivity index (χ0) is 20.5. The lowest BCUT2D eigenvalue weighted by Crippen LogP contribution is -2.31. The number of fused-ring (bicyclic) bond motifs is 1. The quantitative estimate of drug-likeness (QED) is 0.515. The normalized spacial score (nSPS) is 13.4. The van der Waals surface area contributed by atoms with Gasteiger partial charge in [0.2, 0.25) is 5.91 Å². The average molecular weight is 396 g/mol. The van der Waals surface area contributed by atoms with Gasteiger partial charge in [-0.3, -0.25) is 4.79 Å². The molecule has 3 N–H and O–H groups in total. The van der Waals surface area contributed by atoms with Crippen LogP contribution in [0.5, 0.6) is 11.5 Å². The highest BCUT2D eigenvalue weighted by atomic mass is 16.5. The highest BCUT2D eigenvalue weighted by Crippen LogP contribution is 2.32. The van der Waals surface area contributed by atoms with E-state index >= 15 is 0 Å². The van der Waals surface area contributed by atoms with Crippen molar-refractivity contribution in [2.45, 2.75) is 26.7 Å². The lowest BCUT2D eigenvalue weighted by molar-refractivity contribution is -0.114. The zero-order valence-electron chi connectivity index (χ0n) is 17.0. The standard InChI is InChI=1S/C22H28N4O3/c1-3-16-7-5-8-17(13-16)25-21(27)15-24-22(23-4-2)26-18-9-10-19-20(14-18)29-12-6-11-28-19/h5,7-10,13-14H,3-4,6,11-12,15H2,1-2H3,(H,25,27)(H2,23,24,26). The molecule has 1 aliphatic rings. The van der Waals surface area contributed by atoms with Gasteiger partial charge in [-0.05, 0) is 43.2 Å². The molecule has 1 heterocycles.